The van der Waals surface area contributed by atoms with Gasteiger partial charge in [-0.15, -0.1) is 0 Å². The first kappa shape index (κ1) is 18.6. The van der Waals surface area contributed by atoms with E-state index in [2.05, 4.69) is 24.0 Å². The molecule has 1 saturated heterocycles. The van der Waals surface area contributed by atoms with E-state index in [9.17, 15) is 0 Å². The maximum absolute atomic E-state index is 6.19. The first-order valence-corrected chi connectivity index (χ1v) is 9.55. The minimum absolute atomic E-state index is 0.255. The zero-order valence-corrected chi connectivity index (χ0v) is 15.8. The smallest absolute Gasteiger partial charge is 0.161 e. The Morgan fingerprint density at radius 1 is 0.923 bits per heavy atom. The minimum Gasteiger partial charge on any atom is -0.492 e. The molecule has 4 heteroatoms. The predicted molar refractivity (Wildman–Crippen MR) is 104 cm³/mol. The Morgan fingerprint density at radius 3 is 2.31 bits per heavy atom. The van der Waals surface area contributed by atoms with Crippen molar-refractivity contribution in [3.63, 3.8) is 0 Å². The van der Waals surface area contributed by atoms with Gasteiger partial charge in [0.2, 0.25) is 0 Å². The number of para-hydroxylation sites is 2. The maximum Gasteiger partial charge on any atom is 0.161 e. The lowest BCUT2D eigenvalue weighted by Gasteiger charge is -2.32. The normalized spacial score (nSPS) is 15.6. The average Bonchev–Trinajstić information content (AvgIpc) is 2.67. The van der Waals surface area contributed by atoms with Crippen LogP contribution in [0, 0.1) is 6.92 Å². The Bertz CT molecular complexity index is 663. The summed E-state index contributed by atoms with van der Waals surface area (Å²) in [5.74, 6) is 2.64. The molecule has 0 bridgehead atoms. The van der Waals surface area contributed by atoms with Crippen LogP contribution in [0.1, 0.15) is 25.3 Å². The molecule has 0 N–H and O–H groups in total. The molecule has 1 aliphatic rings. The molecule has 0 radical (unpaired) electrons. The van der Waals surface area contributed by atoms with Crippen molar-refractivity contribution < 1.29 is 14.2 Å². The summed E-state index contributed by atoms with van der Waals surface area (Å²) in [5.41, 5.74) is 1.25. The van der Waals surface area contributed by atoms with E-state index in [1.807, 2.05) is 43.3 Å². The third-order valence-corrected chi connectivity index (χ3v) is 4.67. The van der Waals surface area contributed by atoms with E-state index >= 15 is 0 Å². The average molecular weight is 355 g/mol. The molecule has 1 aliphatic heterocycles. The number of aryl methyl sites for hydroxylation is 1. The van der Waals surface area contributed by atoms with Crippen molar-refractivity contribution in [1.29, 1.82) is 0 Å². The van der Waals surface area contributed by atoms with Gasteiger partial charge in [-0.05, 0) is 51.0 Å². The standard InChI is InChI=1S/C22H29NO3/c1-3-24-21-6-4-5-7-22(21)26-20-12-14-23(15-13-20)16-17-25-19-10-8-18(2)9-11-19/h4-11,20H,3,12-17H2,1-2H3. The number of likely N-dealkylation sites (tertiary alicyclic amines) is 1. The molecule has 0 unspecified atom stereocenters. The SMILES string of the molecule is CCOc1ccccc1OC1CCN(CCOc2ccc(C)cc2)CC1. The van der Waals surface area contributed by atoms with Crippen molar-refractivity contribution >= 4 is 0 Å². The zero-order chi connectivity index (χ0) is 18.2. The number of rotatable bonds is 8. The first-order chi connectivity index (χ1) is 12.7. The molecule has 0 amide bonds. The molecule has 0 aliphatic carbocycles. The molecule has 26 heavy (non-hydrogen) atoms. The fourth-order valence-corrected chi connectivity index (χ4v) is 3.18. The highest BCUT2D eigenvalue weighted by Crippen LogP contribution is 2.29. The fraction of sp³-hybridized carbons (Fsp3) is 0.455. The molecule has 0 atom stereocenters. The van der Waals surface area contributed by atoms with Gasteiger partial charge in [0.15, 0.2) is 11.5 Å². The Morgan fingerprint density at radius 2 is 1.62 bits per heavy atom. The Balaban J connectivity index is 1.39. The van der Waals surface area contributed by atoms with Gasteiger partial charge in [0, 0.05) is 19.6 Å². The summed E-state index contributed by atoms with van der Waals surface area (Å²) in [6.45, 7) is 8.49. The summed E-state index contributed by atoms with van der Waals surface area (Å²) < 4.78 is 17.7. The van der Waals surface area contributed by atoms with Gasteiger partial charge in [0.25, 0.3) is 0 Å². The number of hydrogen-bond acceptors (Lipinski definition) is 4. The van der Waals surface area contributed by atoms with Gasteiger partial charge in [0.1, 0.15) is 18.5 Å². The molecule has 4 nitrogen and oxygen atoms in total. The van der Waals surface area contributed by atoms with E-state index in [0.717, 1.165) is 56.3 Å². The van der Waals surface area contributed by atoms with Gasteiger partial charge in [-0.25, -0.2) is 0 Å². The van der Waals surface area contributed by atoms with Gasteiger partial charge >= 0.3 is 0 Å². The lowest BCUT2D eigenvalue weighted by molar-refractivity contribution is 0.0888. The summed E-state index contributed by atoms with van der Waals surface area (Å²) in [6.07, 6.45) is 2.32. The van der Waals surface area contributed by atoms with Crippen molar-refractivity contribution in [2.45, 2.75) is 32.8 Å². The van der Waals surface area contributed by atoms with E-state index in [0.29, 0.717) is 6.61 Å². The first-order valence-electron chi connectivity index (χ1n) is 9.55. The van der Waals surface area contributed by atoms with Crippen LogP contribution in [-0.4, -0.2) is 43.9 Å². The molecule has 3 rings (SSSR count). The van der Waals surface area contributed by atoms with E-state index in [1.165, 1.54) is 5.56 Å². The lowest BCUT2D eigenvalue weighted by Crippen LogP contribution is -2.40. The summed E-state index contributed by atoms with van der Waals surface area (Å²) in [7, 11) is 0. The Labute approximate surface area is 156 Å². The topological polar surface area (TPSA) is 30.9 Å². The number of hydrogen-bond donors (Lipinski definition) is 0. The Hall–Kier alpha value is -2.20. The third-order valence-electron chi connectivity index (χ3n) is 4.67. The molecule has 0 aromatic heterocycles. The van der Waals surface area contributed by atoms with Crippen LogP contribution in [-0.2, 0) is 0 Å². The number of ether oxygens (including phenoxy) is 3. The van der Waals surface area contributed by atoms with E-state index in [-0.39, 0.29) is 6.10 Å². The summed E-state index contributed by atoms with van der Waals surface area (Å²) in [4.78, 5) is 2.45. The number of benzene rings is 2. The Kier molecular flexibility index (Phi) is 6.78. The van der Waals surface area contributed by atoms with E-state index < -0.39 is 0 Å². The largest absolute Gasteiger partial charge is 0.492 e. The van der Waals surface area contributed by atoms with Gasteiger partial charge in [-0.2, -0.15) is 0 Å². The van der Waals surface area contributed by atoms with Gasteiger partial charge in [-0.3, -0.25) is 4.90 Å². The van der Waals surface area contributed by atoms with E-state index in [4.69, 9.17) is 14.2 Å². The highest BCUT2D eigenvalue weighted by Gasteiger charge is 2.21. The minimum atomic E-state index is 0.255. The molecular formula is C22H29NO3. The third kappa shape index (κ3) is 5.40. The molecule has 1 fully saturated rings. The van der Waals surface area contributed by atoms with Crippen LogP contribution in [0.25, 0.3) is 0 Å². The second-order valence-electron chi connectivity index (χ2n) is 6.70. The predicted octanol–water partition coefficient (Wildman–Crippen LogP) is 4.32. The summed E-state index contributed by atoms with van der Waals surface area (Å²) in [5, 5.41) is 0. The van der Waals surface area contributed by atoms with Crippen LogP contribution < -0.4 is 14.2 Å². The van der Waals surface area contributed by atoms with Crippen LogP contribution in [0.4, 0.5) is 0 Å². The van der Waals surface area contributed by atoms with Gasteiger partial charge < -0.3 is 14.2 Å². The molecule has 1 heterocycles. The van der Waals surface area contributed by atoms with E-state index in [1.54, 1.807) is 0 Å². The summed E-state index contributed by atoms with van der Waals surface area (Å²) in [6, 6.07) is 16.2. The molecule has 2 aromatic rings. The highest BCUT2D eigenvalue weighted by atomic mass is 16.5. The van der Waals surface area contributed by atoms with Crippen LogP contribution in [0.2, 0.25) is 0 Å². The lowest BCUT2D eigenvalue weighted by atomic mass is 10.1. The van der Waals surface area contributed by atoms with Crippen molar-refractivity contribution in [2.75, 3.05) is 32.8 Å². The molecule has 140 valence electrons. The van der Waals surface area contributed by atoms with Crippen LogP contribution in [0.5, 0.6) is 17.2 Å². The summed E-state index contributed by atoms with van der Waals surface area (Å²) >= 11 is 0. The van der Waals surface area contributed by atoms with Crippen LogP contribution >= 0.6 is 0 Å². The number of piperidine rings is 1. The van der Waals surface area contributed by atoms with Crippen molar-refractivity contribution in [1.82, 2.24) is 4.90 Å². The quantitative estimate of drug-likeness (QED) is 0.706. The zero-order valence-electron chi connectivity index (χ0n) is 15.8. The molecule has 2 aromatic carbocycles. The molecule has 0 spiro atoms. The second kappa shape index (κ2) is 9.48. The maximum atomic E-state index is 6.19. The van der Waals surface area contributed by atoms with Crippen LogP contribution in [0.15, 0.2) is 48.5 Å². The van der Waals surface area contributed by atoms with Gasteiger partial charge in [0.05, 0.1) is 6.61 Å². The van der Waals surface area contributed by atoms with Gasteiger partial charge in [-0.1, -0.05) is 29.8 Å². The van der Waals surface area contributed by atoms with Crippen LogP contribution in [0.3, 0.4) is 0 Å². The van der Waals surface area contributed by atoms with Crippen molar-refractivity contribution in [3.8, 4) is 17.2 Å². The molecular weight excluding hydrogens is 326 g/mol. The second-order valence-corrected chi connectivity index (χ2v) is 6.70. The monoisotopic (exact) mass is 355 g/mol. The van der Waals surface area contributed by atoms with Crippen molar-refractivity contribution in [3.05, 3.63) is 54.1 Å². The van der Waals surface area contributed by atoms with Crippen molar-refractivity contribution in [2.24, 2.45) is 0 Å². The fourth-order valence-electron chi connectivity index (χ4n) is 3.18. The number of nitrogens with zero attached hydrogens (tertiary/aromatic N) is 1. The highest BCUT2D eigenvalue weighted by molar-refractivity contribution is 5.39. The molecule has 0 saturated carbocycles.